The summed E-state index contributed by atoms with van der Waals surface area (Å²) in [6.45, 7) is 1.68. The second-order valence-corrected chi connectivity index (χ2v) is 10.8. The van der Waals surface area contributed by atoms with Crippen molar-refractivity contribution in [2.75, 3.05) is 45.3 Å². The first-order chi connectivity index (χ1) is 18.8. The van der Waals surface area contributed by atoms with Crippen LogP contribution in [0.3, 0.4) is 0 Å². The van der Waals surface area contributed by atoms with E-state index in [0.29, 0.717) is 32.5 Å². The third kappa shape index (κ3) is 7.67. The molecule has 12 heteroatoms. The Hall–Kier alpha value is -2.76. The van der Waals surface area contributed by atoms with E-state index in [0.717, 1.165) is 50.2 Å². The van der Waals surface area contributed by atoms with Crippen LogP contribution in [0.15, 0.2) is 24.4 Å². The van der Waals surface area contributed by atoms with Crippen LogP contribution >= 0.6 is 11.6 Å². The van der Waals surface area contributed by atoms with E-state index in [1.165, 1.54) is 17.4 Å². The summed E-state index contributed by atoms with van der Waals surface area (Å²) < 4.78 is 20.2. The molecule has 1 amide bonds. The molecule has 2 unspecified atom stereocenters. The Bertz CT molecular complexity index is 1120. The van der Waals surface area contributed by atoms with Crippen LogP contribution < -0.4 is 10.6 Å². The number of anilines is 1. The number of nitrogens with one attached hydrogen (secondary N) is 2. The van der Waals surface area contributed by atoms with Gasteiger partial charge in [-0.15, -0.1) is 0 Å². The number of methoxy groups -OCH3 is 1. The van der Waals surface area contributed by atoms with Crippen molar-refractivity contribution in [3.8, 4) is 0 Å². The van der Waals surface area contributed by atoms with E-state index >= 15 is 0 Å². The summed E-state index contributed by atoms with van der Waals surface area (Å²) in [7, 11) is 1.47. The van der Waals surface area contributed by atoms with Gasteiger partial charge in [0.2, 0.25) is 5.91 Å². The number of pyridine rings is 1. The number of unbranched alkanes of at least 4 members (excludes halogenated alkanes) is 1. The molecule has 0 aromatic carbocycles. The monoisotopic (exact) mass is 564 g/mol. The molecule has 10 nitrogen and oxygen atoms in total. The van der Waals surface area contributed by atoms with E-state index in [-0.39, 0.29) is 17.5 Å². The lowest BCUT2D eigenvalue weighted by atomic mass is 10.1. The molecular formula is C27H38ClFN6O4. The van der Waals surface area contributed by atoms with Crippen molar-refractivity contribution in [3.63, 3.8) is 0 Å². The van der Waals surface area contributed by atoms with E-state index in [2.05, 4.69) is 27.9 Å². The number of nitrogens with zero attached hydrogens (tertiary/aromatic N) is 4. The zero-order valence-electron chi connectivity index (χ0n) is 22.4. The predicted octanol–water partition coefficient (Wildman–Crippen LogP) is 3.05. The second kappa shape index (κ2) is 13.5. The van der Waals surface area contributed by atoms with Crippen LogP contribution in [0, 0.1) is 0 Å². The van der Waals surface area contributed by atoms with E-state index in [1.54, 1.807) is 12.3 Å². The molecule has 1 aliphatic heterocycles. The minimum Gasteiger partial charge on any atom is -0.480 e. The Morgan fingerprint density at radius 2 is 2.13 bits per heavy atom. The number of carboxylic acid groups (broad SMARTS) is 1. The van der Waals surface area contributed by atoms with Crippen molar-refractivity contribution in [1.82, 2.24) is 25.0 Å². The summed E-state index contributed by atoms with van der Waals surface area (Å²) in [5.74, 6) is -0.512. The van der Waals surface area contributed by atoms with Gasteiger partial charge in [0.1, 0.15) is 24.1 Å². The molecule has 3 heterocycles. The number of carboxylic acids is 1. The van der Waals surface area contributed by atoms with Gasteiger partial charge in [0, 0.05) is 38.6 Å². The number of ether oxygens (including phenoxy) is 1. The molecule has 0 saturated heterocycles. The highest BCUT2D eigenvalue weighted by Crippen LogP contribution is 2.43. The molecule has 4 rings (SSSR count). The number of carbonyl (C=O) groups excluding carboxylic acids is 1. The molecule has 2 atom stereocenters. The maximum Gasteiger partial charge on any atom is 0.326 e. The molecule has 39 heavy (non-hydrogen) atoms. The molecule has 2 aromatic heterocycles. The number of fused-ring (bicyclic) bond motifs is 1. The van der Waals surface area contributed by atoms with E-state index < -0.39 is 30.3 Å². The Morgan fingerprint density at radius 1 is 1.31 bits per heavy atom. The van der Waals surface area contributed by atoms with Gasteiger partial charge < -0.3 is 25.4 Å². The van der Waals surface area contributed by atoms with Gasteiger partial charge in [0.15, 0.2) is 5.15 Å². The summed E-state index contributed by atoms with van der Waals surface area (Å²) in [5, 5.41) is 20.3. The third-order valence-corrected chi connectivity index (χ3v) is 7.76. The average molecular weight is 565 g/mol. The first kappa shape index (κ1) is 29.2. The van der Waals surface area contributed by atoms with Gasteiger partial charge in [0.25, 0.3) is 0 Å². The number of amides is 1. The minimum atomic E-state index is -1.11. The van der Waals surface area contributed by atoms with Gasteiger partial charge in [-0.25, -0.2) is 14.2 Å². The van der Waals surface area contributed by atoms with Crippen molar-refractivity contribution >= 4 is 29.3 Å². The van der Waals surface area contributed by atoms with Crippen LogP contribution in [0.2, 0.25) is 5.15 Å². The van der Waals surface area contributed by atoms with Crippen LogP contribution in [-0.4, -0.2) is 88.8 Å². The van der Waals surface area contributed by atoms with E-state index in [9.17, 15) is 19.1 Å². The maximum absolute atomic E-state index is 13.4. The van der Waals surface area contributed by atoms with Gasteiger partial charge in [0.05, 0.1) is 6.10 Å². The molecule has 0 bridgehead atoms. The lowest BCUT2D eigenvalue weighted by Gasteiger charge is -2.27. The van der Waals surface area contributed by atoms with Crippen LogP contribution in [0.1, 0.15) is 49.8 Å². The first-order valence-corrected chi connectivity index (χ1v) is 14.0. The Morgan fingerprint density at radius 3 is 2.79 bits per heavy atom. The van der Waals surface area contributed by atoms with Crippen LogP contribution in [0.5, 0.6) is 0 Å². The van der Waals surface area contributed by atoms with Crippen molar-refractivity contribution in [2.45, 2.75) is 69.1 Å². The highest BCUT2D eigenvalue weighted by atomic mass is 35.5. The lowest BCUT2D eigenvalue weighted by Crippen LogP contribution is -2.49. The van der Waals surface area contributed by atoms with Gasteiger partial charge in [-0.1, -0.05) is 17.7 Å². The Kier molecular flexibility index (Phi) is 10.1. The summed E-state index contributed by atoms with van der Waals surface area (Å²) in [5.41, 5.74) is 1.40. The predicted molar refractivity (Wildman–Crippen MR) is 146 cm³/mol. The summed E-state index contributed by atoms with van der Waals surface area (Å²) in [4.78, 5) is 31.8. The first-order valence-electron chi connectivity index (χ1n) is 13.6. The second-order valence-electron chi connectivity index (χ2n) is 10.4. The molecule has 0 radical (unpaired) electrons. The fourth-order valence-corrected chi connectivity index (χ4v) is 5.14. The van der Waals surface area contributed by atoms with Crippen molar-refractivity contribution in [1.29, 1.82) is 0 Å². The third-order valence-electron chi connectivity index (χ3n) is 7.56. The van der Waals surface area contributed by atoms with Crippen LogP contribution in [0.4, 0.5) is 10.2 Å². The van der Waals surface area contributed by atoms with Gasteiger partial charge in [-0.05, 0) is 75.6 Å². The number of hydrogen-bond donors (Lipinski definition) is 3. The molecule has 1 aliphatic carbocycles. The standard InChI is InChI=1S/C27H38ClFN6O4/c1-39-21(17-29)18-34(14-3-2-6-20-8-7-19-5-4-13-30-24(19)31-20)15-9-22(25(36)37)32-26(38)27(11-12-27)35-16-10-23(28)33-35/h7-8,10,16,21-22H,2-6,9,11-15,17-18H2,1H3,(H,30,31)(H,32,38)(H,36,37). The zero-order chi connectivity index (χ0) is 27.8. The maximum atomic E-state index is 13.4. The van der Waals surface area contributed by atoms with Crippen LogP contribution in [0.25, 0.3) is 0 Å². The van der Waals surface area contributed by atoms with Crippen molar-refractivity contribution in [3.05, 3.63) is 40.8 Å². The fourth-order valence-electron chi connectivity index (χ4n) is 5.00. The smallest absolute Gasteiger partial charge is 0.326 e. The number of halogens is 2. The number of carbonyl (C=O) groups is 2. The fraction of sp³-hybridized carbons (Fsp3) is 0.630. The molecule has 1 saturated carbocycles. The lowest BCUT2D eigenvalue weighted by molar-refractivity contribution is -0.143. The molecule has 2 aromatic rings. The van der Waals surface area contributed by atoms with Gasteiger partial charge in [-0.3, -0.25) is 9.48 Å². The quantitative estimate of drug-likeness (QED) is 0.266. The molecule has 1 fully saturated rings. The Labute approximate surface area is 233 Å². The minimum absolute atomic E-state index is 0.178. The van der Waals surface area contributed by atoms with Gasteiger partial charge in [-0.2, -0.15) is 5.10 Å². The Balaban J connectivity index is 1.30. The number of aliphatic carboxylic acids is 1. The van der Waals surface area contributed by atoms with E-state index in [4.69, 9.17) is 21.3 Å². The SMILES string of the molecule is COC(CF)CN(CCCCc1ccc2c(n1)NCCC2)CCC(NC(=O)C1(n2ccc(Cl)n2)CC1)C(=O)O. The van der Waals surface area contributed by atoms with Crippen LogP contribution in [-0.2, 0) is 32.7 Å². The highest BCUT2D eigenvalue weighted by molar-refractivity contribution is 6.29. The normalized spacial score (nSPS) is 17.2. The molecular weight excluding hydrogens is 527 g/mol. The number of hydrogen-bond acceptors (Lipinski definition) is 7. The summed E-state index contributed by atoms with van der Waals surface area (Å²) in [6, 6.07) is 4.74. The number of rotatable bonds is 16. The van der Waals surface area contributed by atoms with E-state index in [1.807, 2.05) is 4.90 Å². The molecule has 3 N–H and O–H groups in total. The molecule has 2 aliphatic rings. The zero-order valence-corrected chi connectivity index (χ0v) is 23.1. The number of aryl methyl sites for hydroxylation is 2. The average Bonchev–Trinajstić information content (AvgIpc) is 3.64. The summed E-state index contributed by atoms with van der Waals surface area (Å²) >= 11 is 5.91. The highest BCUT2D eigenvalue weighted by Gasteiger charge is 2.53. The molecule has 0 spiro atoms. The molecule has 214 valence electrons. The van der Waals surface area contributed by atoms with Gasteiger partial charge >= 0.3 is 5.97 Å². The van der Waals surface area contributed by atoms with Crippen molar-refractivity contribution in [2.24, 2.45) is 0 Å². The largest absolute Gasteiger partial charge is 0.480 e. The number of aromatic nitrogens is 3. The van der Waals surface area contributed by atoms with Crippen molar-refractivity contribution < 1.29 is 23.8 Å². The number of alkyl halides is 1. The topological polar surface area (TPSA) is 122 Å². The summed E-state index contributed by atoms with van der Waals surface area (Å²) in [6.07, 6.45) is 7.07.